The molecule has 124 valence electrons. The fourth-order valence-corrected chi connectivity index (χ4v) is 6.19. The first-order valence-electron chi connectivity index (χ1n) is 9.29. The Morgan fingerprint density at radius 3 is 2.26 bits per heavy atom. The van der Waals surface area contributed by atoms with Gasteiger partial charge in [-0.2, -0.15) is 0 Å². The molecule has 0 radical (unpaired) electrons. The Labute approximate surface area is 140 Å². The van der Waals surface area contributed by atoms with Gasteiger partial charge in [0.15, 0.2) is 0 Å². The van der Waals surface area contributed by atoms with Crippen LogP contribution in [0.2, 0.25) is 0 Å². The van der Waals surface area contributed by atoms with Crippen molar-refractivity contribution < 1.29 is 4.79 Å². The lowest BCUT2D eigenvalue weighted by Crippen LogP contribution is -2.59. The van der Waals surface area contributed by atoms with Gasteiger partial charge in [-0.1, -0.05) is 29.8 Å². The summed E-state index contributed by atoms with van der Waals surface area (Å²) in [5, 5.41) is 3.24. The van der Waals surface area contributed by atoms with Crippen molar-refractivity contribution in [3.63, 3.8) is 0 Å². The minimum Gasteiger partial charge on any atom is -0.353 e. The average Bonchev–Trinajstić information content (AvgIpc) is 2.45. The smallest absolute Gasteiger partial charge is 0.226 e. The molecule has 4 aliphatic rings. The van der Waals surface area contributed by atoms with Gasteiger partial charge in [-0.05, 0) is 82.1 Å². The van der Waals surface area contributed by atoms with E-state index < -0.39 is 0 Å². The Morgan fingerprint density at radius 1 is 1.09 bits per heavy atom. The zero-order valence-electron chi connectivity index (χ0n) is 14.7. The fraction of sp³-hybridized carbons (Fsp3) is 0.667. The number of nitrogens with one attached hydrogen (secondary N) is 1. The SMILES string of the molecule is Cc1ccc(C23C[C@H]4C[C@@H](CC(C(=O)NC(C)C)(C4)C2)C3)cc1. The number of rotatable bonds is 3. The predicted octanol–water partition coefficient (Wildman–Crippen LogP) is 4.36. The molecule has 5 rings (SSSR count). The standard InChI is InChI=1S/C21H29NO/c1-14(2)22-19(23)21-11-16-8-17(12-21)10-20(9-16,13-21)18-6-4-15(3)5-7-18/h4-7,14,16-17H,8-13H2,1-3H3,(H,22,23)/t16-,17-,20?,21?/m1/s1. The van der Waals surface area contributed by atoms with Crippen LogP contribution in [0.4, 0.5) is 0 Å². The van der Waals surface area contributed by atoms with Gasteiger partial charge >= 0.3 is 0 Å². The van der Waals surface area contributed by atoms with Gasteiger partial charge in [-0.15, -0.1) is 0 Å². The van der Waals surface area contributed by atoms with Gasteiger partial charge in [0.05, 0.1) is 5.41 Å². The molecular weight excluding hydrogens is 282 g/mol. The van der Waals surface area contributed by atoms with Crippen LogP contribution in [-0.4, -0.2) is 11.9 Å². The van der Waals surface area contributed by atoms with Gasteiger partial charge in [0.1, 0.15) is 0 Å². The van der Waals surface area contributed by atoms with Crippen LogP contribution in [-0.2, 0) is 10.2 Å². The van der Waals surface area contributed by atoms with Crippen LogP contribution < -0.4 is 5.32 Å². The number of hydrogen-bond donors (Lipinski definition) is 1. The molecule has 1 N–H and O–H groups in total. The summed E-state index contributed by atoms with van der Waals surface area (Å²) in [4.78, 5) is 13.0. The first-order valence-corrected chi connectivity index (χ1v) is 9.29. The van der Waals surface area contributed by atoms with Gasteiger partial charge in [0.25, 0.3) is 0 Å². The monoisotopic (exact) mass is 311 g/mol. The van der Waals surface area contributed by atoms with Crippen molar-refractivity contribution in [2.45, 2.75) is 70.8 Å². The normalized spacial score (nSPS) is 38.1. The predicted molar refractivity (Wildman–Crippen MR) is 93.3 cm³/mol. The van der Waals surface area contributed by atoms with E-state index in [1.54, 1.807) is 0 Å². The Hall–Kier alpha value is -1.31. The summed E-state index contributed by atoms with van der Waals surface area (Å²) >= 11 is 0. The first-order chi connectivity index (χ1) is 10.9. The highest BCUT2D eigenvalue weighted by molar-refractivity contribution is 5.83. The lowest BCUT2D eigenvalue weighted by molar-refractivity contribution is -0.149. The topological polar surface area (TPSA) is 29.1 Å². The fourth-order valence-electron chi connectivity index (χ4n) is 6.19. The van der Waals surface area contributed by atoms with E-state index in [1.165, 1.54) is 30.4 Å². The van der Waals surface area contributed by atoms with Crippen molar-refractivity contribution in [1.29, 1.82) is 0 Å². The van der Waals surface area contributed by atoms with Crippen LogP contribution in [0.5, 0.6) is 0 Å². The van der Waals surface area contributed by atoms with Crippen molar-refractivity contribution in [3.05, 3.63) is 35.4 Å². The molecule has 2 atom stereocenters. The van der Waals surface area contributed by atoms with E-state index in [9.17, 15) is 4.79 Å². The molecule has 0 aliphatic heterocycles. The lowest BCUT2D eigenvalue weighted by Gasteiger charge is -2.61. The number of carbonyl (C=O) groups excluding carboxylic acids is 1. The lowest BCUT2D eigenvalue weighted by atomic mass is 9.42. The molecule has 0 unspecified atom stereocenters. The maximum Gasteiger partial charge on any atom is 0.226 e. The minimum absolute atomic E-state index is 0.0980. The van der Waals surface area contributed by atoms with E-state index in [0.717, 1.165) is 31.1 Å². The highest BCUT2D eigenvalue weighted by Crippen LogP contribution is 2.65. The van der Waals surface area contributed by atoms with E-state index in [0.29, 0.717) is 5.91 Å². The number of carbonyl (C=O) groups is 1. The van der Waals surface area contributed by atoms with E-state index in [1.807, 2.05) is 0 Å². The molecule has 2 heteroatoms. The van der Waals surface area contributed by atoms with E-state index in [2.05, 4.69) is 50.4 Å². The second kappa shape index (κ2) is 5.09. The third-order valence-corrected chi connectivity index (χ3v) is 6.63. The van der Waals surface area contributed by atoms with E-state index in [4.69, 9.17) is 0 Å². The molecule has 23 heavy (non-hydrogen) atoms. The average molecular weight is 311 g/mol. The molecule has 4 fully saturated rings. The molecular formula is C21H29NO. The third kappa shape index (κ3) is 2.42. The van der Waals surface area contributed by atoms with Crippen LogP contribution in [0, 0.1) is 24.2 Å². The van der Waals surface area contributed by atoms with Crippen LogP contribution >= 0.6 is 0 Å². The number of hydrogen-bond acceptors (Lipinski definition) is 1. The van der Waals surface area contributed by atoms with Crippen molar-refractivity contribution in [3.8, 4) is 0 Å². The molecule has 1 aromatic rings. The van der Waals surface area contributed by atoms with E-state index >= 15 is 0 Å². The Bertz CT molecular complexity index is 601. The molecule has 0 saturated heterocycles. The summed E-state index contributed by atoms with van der Waals surface area (Å²) in [7, 11) is 0. The summed E-state index contributed by atoms with van der Waals surface area (Å²) < 4.78 is 0. The Balaban J connectivity index is 1.70. The Morgan fingerprint density at radius 2 is 1.70 bits per heavy atom. The molecule has 1 aromatic carbocycles. The zero-order valence-corrected chi connectivity index (χ0v) is 14.7. The summed E-state index contributed by atoms with van der Waals surface area (Å²) in [6.07, 6.45) is 7.25. The second-order valence-corrected chi connectivity index (χ2v) is 9.02. The minimum atomic E-state index is -0.0980. The van der Waals surface area contributed by atoms with Crippen LogP contribution in [0.25, 0.3) is 0 Å². The summed E-state index contributed by atoms with van der Waals surface area (Å²) in [5.74, 6) is 1.82. The molecule has 4 saturated carbocycles. The largest absolute Gasteiger partial charge is 0.353 e. The second-order valence-electron chi connectivity index (χ2n) is 9.02. The quantitative estimate of drug-likeness (QED) is 0.883. The highest BCUT2D eigenvalue weighted by atomic mass is 16.2. The maximum atomic E-state index is 13.0. The van der Waals surface area contributed by atoms with Gasteiger partial charge in [0.2, 0.25) is 5.91 Å². The van der Waals surface area contributed by atoms with Gasteiger partial charge in [-0.25, -0.2) is 0 Å². The van der Waals surface area contributed by atoms with Gasteiger partial charge in [-0.3, -0.25) is 4.79 Å². The molecule has 2 nitrogen and oxygen atoms in total. The van der Waals surface area contributed by atoms with Crippen LogP contribution in [0.3, 0.4) is 0 Å². The summed E-state index contributed by atoms with van der Waals surface area (Å²) in [6.45, 7) is 6.31. The summed E-state index contributed by atoms with van der Waals surface area (Å²) in [5.41, 5.74) is 2.97. The molecule has 0 spiro atoms. The first kappa shape index (κ1) is 15.2. The van der Waals surface area contributed by atoms with Crippen molar-refractivity contribution in [2.24, 2.45) is 17.3 Å². The third-order valence-electron chi connectivity index (χ3n) is 6.63. The van der Waals surface area contributed by atoms with Gasteiger partial charge < -0.3 is 5.32 Å². The Kier molecular flexibility index (Phi) is 3.37. The zero-order chi connectivity index (χ0) is 16.2. The van der Waals surface area contributed by atoms with Crippen LogP contribution in [0.15, 0.2) is 24.3 Å². The molecule has 4 bridgehead atoms. The number of benzene rings is 1. The molecule has 0 aromatic heterocycles. The maximum absolute atomic E-state index is 13.0. The molecule has 0 heterocycles. The van der Waals surface area contributed by atoms with Crippen molar-refractivity contribution in [2.75, 3.05) is 0 Å². The highest BCUT2D eigenvalue weighted by Gasteiger charge is 2.60. The van der Waals surface area contributed by atoms with Crippen LogP contribution in [0.1, 0.15) is 63.5 Å². The van der Waals surface area contributed by atoms with Crippen molar-refractivity contribution in [1.82, 2.24) is 5.32 Å². The number of aryl methyl sites for hydroxylation is 1. The van der Waals surface area contributed by atoms with E-state index in [-0.39, 0.29) is 16.9 Å². The molecule has 4 aliphatic carbocycles. The van der Waals surface area contributed by atoms with Gasteiger partial charge in [0, 0.05) is 6.04 Å². The number of amides is 1. The van der Waals surface area contributed by atoms with Crippen molar-refractivity contribution >= 4 is 5.91 Å². The molecule has 1 amide bonds. The summed E-state index contributed by atoms with van der Waals surface area (Å²) in [6, 6.07) is 9.39.